The van der Waals surface area contributed by atoms with Crippen molar-refractivity contribution < 1.29 is 9.59 Å². The average molecular weight is 353 g/mol. The number of hydrogen-bond donors (Lipinski definition) is 2. The van der Waals surface area contributed by atoms with Gasteiger partial charge in [-0.1, -0.05) is 13.0 Å². The van der Waals surface area contributed by atoms with Crippen LogP contribution in [0.5, 0.6) is 0 Å². The first-order chi connectivity index (χ1) is 11.7. The SMILES string of the molecule is CCCN1CCN(CCCNC(=O)CNC(=O)c2cccs2)CC1. The zero-order valence-electron chi connectivity index (χ0n) is 14.4. The van der Waals surface area contributed by atoms with Gasteiger partial charge >= 0.3 is 0 Å². The van der Waals surface area contributed by atoms with Crippen molar-refractivity contribution in [1.29, 1.82) is 0 Å². The van der Waals surface area contributed by atoms with Crippen molar-refractivity contribution in [1.82, 2.24) is 20.4 Å². The minimum atomic E-state index is -0.190. The van der Waals surface area contributed by atoms with Gasteiger partial charge in [-0.05, 0) is 37.4 Å². The van der Waals surface area contributed by atoms with E-state index in [0.29, 0.717) is 11.4 Å². The Morgan fingerprint density at radius 2 is 1.83 bits per heavy atom. The molecular formula is C17H28N4O2S. The molecule has 1 saturated heterocycles. The highest BCUT2D eigenvalue weighted by atomic mass is 32.1. The first-order valence-electron chi connectivity index (χ1n) is 8.72. The molecular weight excluding hydrogens is 324 g/mol. The van der Waals surface area contributed by atoms with E-state index < -0.39 is 0 Å². The molecule has 0 spiro atoms. The quantitative estimate of drug-likeness (QED) is 0.651. The summed E-state index contributed by atoms with van der Waals surface area (Å²) in [5.74, 6) is -0.322. The van der Waals surface area contributed by atoms with Gasteiger partial charge in [0, 0.05) is 32.7 Å². The number of carbonyl (C=O) groups is 2. The van der Waals surface area contributed by atoms with Crippen LogP contribution in [-0.4, -0.2) is 74.0 Å². The fourth-order valence-corrected chi connectivity index (χ4v) is 3.44. The second-order valence-electron chi connectivity index (χ2n) is 6.05. The van der Waals surface area contributed by atoms with E-state index in [9.17, 15) is 9.59 Å². The summed E-state index contributed by atoms with van der Waals surface area (Å²) in [6, 6.07) is 3.57. The monoisotopic (exact) mass is 352 g/mol. The van der Waals surface area contributed by atoms with Crippen LogP contribution in [-0.2, 0) is 4.79 Å². The van der Waals surface area contributed by atoms with Gasteiger partial charge in [0.25, 0.3) is 5.91 Å². The lowest BCUT2D eigenvalue weighted by Gasteiger charge is -2.34. The van der Waals surface area contributed by atoms with Gasteiger partial charge in [-0.3, -0.25) is 9.59 Å². The van der Waals surface area contributed by atoms with Gasteiger partial charge in [0.15, 0.2) is 0 Å². The highest BCUT2D eigenvalue weighted by Gasteiger charge is 2.15. The summed E-state index contributed by atoms with van der Waals surface area (Å²) in [6.07, 6.45) is 2.16. The molecule has 2 amide bonds. The molecule has 0 radical (unpaired) electrons. The Balaban J connectivity index is 1.50. The summed E-state index contributed by atoms with van der Waals surface area (Å²) < 4.78 is 0. The van der Waals surface area contributed by atoms with Crippen LogP contribution in [0.4, 0.5) is 0 Å². The van der Waals surface area contributed by atoms with E-state index in [4.69, 9.17) is 0 Å². The molecule has 1 aromatic heterocycles. The molecule has 0 aliphatic carbocycles. The summed E-state index contributed by atoms with van der Waals surface area (Å²) in [5.41, 5.74) is 0. The maximum atomic E-state index is 11.7. The Morgan fingerprint density at radius 1 is 1.12 bits per heavy atom. The Bertz CT molecular complexity index is 499. The lowest BCUT2D eigenvalue weighted by Crippen LogP contribution is -2.47. The number of nitrogens with one attached hydrogen (secondary N) is 2. The van der Waals surface area contributed by atoms with Crippen LogP contribution in [0.15, 0.2) is 17.5 Å². The van der Waals surface area contributed by atoms with Crippen molar-refractivity contribution in [3.05, 3.63) is 22.4 Å². The predicted octanol–water partition coefficient (Wildman–Crippen LogP) is 1.01. The molecule has 2 N–H and O–H groups in total. The summed E-state index contributed by atoms with van der Waals surface area (Å²) in [6.45, 7) is 9.65. The molecule has 0 atom stereocenters. The third kappa shape index (κ3) is 6.59. The van der Waals surface area contributed by atoms with Gasteiger partial charge in [0.1, 0.15) is 0 Å². The van der Waals surface area contributed by atoms with Crippen LogP contribution in [0.25, 0.3) is 0 Å². The van der Waals surface area contributed by atoms with Crippen LogP contribution in [0.2, 0.25) is 0 Å². The standard InChI is InChI=1S/C17H28N4O2S/c1-2-7-20-9-11-21(12-10-20)8-4-6-18-16(22)14-19-17(23)15-5-3-13-24-15/h3,5,13H,2,4,6-12,14H2,1H3,(H,18,22)(H,19,23). The summed E-state index contributed by atoms with van der Waals surface area (Å²) in [5, 5.41) is 7.34. The molecule has 0 aromatic carbocycles. The number of thiophene rings is 1. The summed E-state index contributed by atoms with van der Waals surface area (Å²) in [7, 11) is 0. The van der Waals surface area contributed by atoms with Crippen LogP contribution < -0.4 is 10.6 Å². The molecule has 2 rings (SSSR count). The van der Waals surface area contributed by atoms with E-state index in [1.165, 1.54) is 24.3 Å². The molecule has 24 heavy (non-hydrogen) atoms. The van der Waals surface area contributed by atoms with Gasteiger partial charge in [0.2, 0.25) is 5.91 Å². The highest BCUT2D eigenvalue weighted by molar-refractivity contribution is 7.12. The van der Waals surface area contributed by atoms with Crippen molar-refractivity contribution in [3.63, 3.8) is 0 Å². The number of rotatable bonds is 9. The third-order valence-electron chi connectivity index (χ3n) is 4.13. The van der Waals surface area contributed by atoms with Crippen molar-refractivity contribution in [2.45, 2.75) is 19.8 Å². The molecule has 1 fully saturated rings. The van der Waals surface area contributed by atoms with E-state index in [1.54, 1.807) is 6.07 Å². The van der Waals surface area contributed by atoms with E-state index in [1.807, 2.05) is 11.4 Å². The van der Waals surface area contributed by atoms with Crippen molar-refractivity contribution in [3.8, 4) is 0 Å². The smallest absolute Gasteiger partial charge is 0.261 e. The minimum absolute atomic E-state index is 0.0342. The number of piperazine rings is 1. The summed E-state index contributed by atoms with van der Waals surface area (Å²) >= 11 is 1.37. The zero-order chi connectivity index (χ0) is 17.2. The van der Waals surface area contributed by atoms with Gasteiger partial charge in [-0.25, -0.2) is 0 Å². The van der Waals surface area contributed by atoms with E-state index in [2.05, 4.69) is 27.4 Å². The van der Waals surface area contributed by atoms with Gasteiger partial charge in [-0.2, -0.15) is 0 Å². The Kier molecular flexibility index (Phi) is 8.21. The number of amides is 2. The Labute approximate surface area is 148 Å². The predicted molar refractivity (Wildman–Crippen MR) is 97.4 cm³/mol. The van der Waals surface area contributed by atoms with Crippen LogP contribution >= 0.6 is 11.3 Å². The molecule has 134 valence electrons. The lowest BCUT2D eigenvalue weighted by atomic mass is 10.2. The van der Waals surface area contributed by atoms with Crippen LogP contribution in [0.1, 0.15) is 29.4 Å². The lowest BCUT2D eigenvalue weighted by molar-refractivity contribution is -0.120. The van der Waals surface area contributed by atoms with Crippen molar-refractivity contribution in [2.75, 3.05) is 52.4 Å². The fourth-order valence-electron chi connectivity index (χ4n) is 2.80. The molecule has 0 unspecified atom stereocenters. The molecule has 0 bridgehead atoms. The first-order valence-corrected chi connectivity index (χ1v) is 9.60. The van der Waals surface area contributed by atoms with Gasteiger partial charge in [-0.15, -0.1) is 11.3 Å². The van der Waals surface area contributed by atoms with E-state index in [0.717, 1.165) is 39.1 Å². The second-order valence-corrected chi connectivity index (χ2v) is 6.99. The summed E-state index contributed by atoms with van der Waals surface area (Å²) in [4.78, 5) is 29.1. The van der Waals surface area contributed by atoms with Gasteiger partial charge < -0.3 is 20.4 Å². The molecule has 1 aromatic rings. The van der Waals surface area contributed by atoms with Crippen molar-refractivity contribution in [2.24, 2.45) is 0 Å². The van der Waals surface area contributed by atoms with E-state index in [-0.39, 0.29) is 18.4 Å². The maximum Gasteiger partial charge on any atom is 0.261 e. The molecule has 6 nitrogen and oxygen atoms in total. The molecule has 1 aliphatic heterocycles. The number of nitrogens with zero attached hydrogens (tertiary/aromatic N) is 2. The second kappa shape index (κ2) is 10.4. The average Bonchev–Trinajstić information content (AvgIpc) is 3.13. The minimum Gasteiger partial charge on any atom is -0.355 e. The third-order valence-corrected chi connectivity index (χ3v) is 5.00. The van der Waals surface area contributed by atoms with Gasteiger partial charge in [0.05, 0.1) is 11.4 Å². The molecule has 1 aliphatic rings. The molecule has 2 heterocycles. The van der Waals surface area contributed by atoms with E-state index >= 15 is 0 Å². The maximum absolute atomic E-state index is 11.7. The largest absolute Gasteiger partial charge is 0.355 e. The molecule has 7 heteroatoms. The normalized spacial score (nSPS) is 16.0. The van der Waals surface area contributed by atoms with Crippen LogP contribution in [0, 0.1) is 0 Å². The zero-order valence-corrected chi connectivity index (χ0v) is 15.2. The fraction of sp³-hybridized carbons (Fsp3) is 0.647. The highest BCUT2D eigenvalue weighted by Crippen LogP contribution is 2.07. The van der Waals surface area contributed by atoms with Crippen molar-refractivity contribution >= 4 is 23.2 Å². The Morgan fingerprint density at radius 3 is 2.46 bits per heavy atom. The first kappa shape index (κ1) is 18.9. The number of carbonyl (C=O) groups excluding carboxylic acids is 2. The Hall–Kier alpha value is -1.44. The topological polar surface area (TPSA) is 64.7 Å². The number of hydrogen-bond acceptors (Lipinski definition) is 5. The van der Waals surface area contributed by atoms with Crippen LogP contribution in [0.3, 0.4) is 0 Å². The molecule has 0 saturated carbocycles.